The first kappa shape index (κ1) is 18.5. The summed E-state index contributed by atoms with van der Waals surface area (Å²) in [5, 5.41) is 12.4. The second-order valence-corrected chi connectivity index (χ2v) is 7.47. The Morgan fingerprint density at radius 1 is 0.964 bits per heavy atom. The molecule has 1 N–H and O–H groups in total. The number of hydrogen-bond donors (Lipinski definition) is 1. The van der Waals surface area contributed by atoms with Gasteiger partial charge in [-0.2, -0.15) is 10.1 Å². The summed E-state index contributed by atoms with van der Waals surface area (Å²) < 4.78 is 0. The molecule has 0 unspecified atom stereocenters. The fourth-order valence-corrected chi connectivity index (χ4v) is 3.54. The van der Waals surface area contributed by atoms with E-state index in [0.29, 0.717) is 5.95 Å². The molecular formula is C21H23ClN6. The summed E-state index contributed by atoms with van der Waals surface area (Å²) in [6.07, 6.45) is 1.73. The number of benzene rings is 2. The highest BCUT2D eigenvalue weighted by Crippen LogP contribution is 2.23. The van der Waals surface area contributed by atoms with E-state index in [2.05, 4.69) is 68.4 Å². The van der Waals surface area contributed by atoms with Crippen LogP contribution in [0.2, 0.25) is 5.02 Å². The molecule has 1 aromatic heterocycles. The summed E-state index contributed by atoms with van der Waals surface area (Å²) in [4.78, 5) is 9.26. The van der Waals surface area contributed by atoms with Gasteiger partial charge in [0.2, 0.25) is 5.95 Å². The lowest BCUT2D eigenvalue weighted by atomic mass is 10.1. The van der Waals surface area contributed by atoms with Gasteiger partial charge in [0.05, 0.1) is 6.20 Å². The number of piperazine rings is 1. The first-order valence-corrected chi connectivity index (χ1v) is 9.76. The van der Waals surface area contributed by atoms with Crippen molar-refractivity contribution in [2.75, 3.05) is 41.3 Å². The van der Waals surface area contributed by atoms with Crippen molar-refractivity contribution < 1.29 is 0 Å². The smallest absolute Gasteiger partial charge is 0.249 e. The van der Waals surface area contributed by atoms with E-state index < -0.39 is 0 Å². The van der Waals surface area contributed by atoms with Gasteiger partial charge in [0.15, 0.2) is 5.82 Å². The maximum absolute atomic E-state index is 6.12. The summed E-state index contributed by atoms with van der Waals surface area (Å²) in [5.74, 6) is 1.36. The Morgan fingerprint density at radius 3 is 2.54 bits per heavy atom. The highest BCUT2D eigenvalue weighted by atomic mass is 35.5. The second kappa shape index (κ2) is 8.02. The van der Waals surface area contributed by atoms with Crippen molar-refractivity contribution in [1.29, 1.82) is 0 Å². The van der Waals surface area contributed by atoms with Crippen molar-refractivity contribution in [3.63, 3.8) is 0 Å². The minimum absolute atomic E-state index is 0.517. The number of aromatic nitrogens is 3. The quantitative estimate of drug-likeness (QED) is 0.715. The Morgan fingerprint density at radius 2 is 1.75 bits per heavy atom. The van der Waals surface area contributed by atoms with E-state index in [1.54, 1.807) is 6.20 Å². The normalized spacial score (nSPS) is 14.2. The molecule has 3 aromatic rings. The van der Waals surface area contributed by atoms with Crippen molar-refractivity contribution in [3.8, 4) is 0 Å². The van der Waals surface area contributed by atoms with Crippen LogP contribution in [-0.4, -0.2) is 41.4 Å². The molecule has 0 bridgehead atoms. The van der Waals surface area contributed by atoms with Crippen molar-refractivity contribution >= 4 is 34.7 Å². The SMILES string of the molecule is Cc1ccc(C)c(Nc2nncc(N3CCN(c4cccc(Cl)c4)CC3)n2)c1. The fraction of sp³-hybridized carbons (Fsp3) is 0.286. The van der Waals surface area contributed by atoms with Crippen LogP contribution in [-0.2, 0) is 0 Å². The minimum Gasteiger partial charge on any atom is -0.368 e. The summed E-state index contributed by atoms with van der Waals surface area (Å²) in [7, 11) is 0. The lowest BCUT2D eigenvalue weighted by Gasteiger charge is -2.36. The minimum atomic E-state index is 0.517. The van der Waals surface area contributed by atoms with Gasteiger partial charge in [-0.3, -0.25) is 0 Å². The number of hydrogen-bond acceptors (Lipinski definition) is 6. The molecule has 0 amide bonds. The molecule has 1 saturated heterocycles. The molecule has 6 nitrogen and oxygen atoms in total. The number of rotatable bonds is 4. The molecule has 1 fully saturated rings. The average molecular weight is 395 g/mol. The van der Waals surface area contributed by atoms with Crippen LogP contribution < -0.4 is 15.1 Å². The maximum Gasteiger partial charge on any atom is 0.249 e. The van der Waals surface area contributed by atoms with E-state index in [4.69, 9.17) is 11.6 Å². The molecule has 28 heavy (non-hydrogen) atoms. The molecular weight excluding hydrogens is 372 g/mol. The first-order chi connectivity index (χ1) is 13.6. The number of halogens is 1. The lowest BCUT2D eigenvalue weighted by molar-refractivity contribution is 0.645. The topological polar surface area (TPSA) is 57.2 Å². The summed E-state index contributed by atoms with van der Waals surface area (Å²) >= 11 is 6.12. The number of nitrogens with one attached hydrogen (secondary N) is 1. The number of aryl methyl sites for hydroxylation is 2. The van der Waals surface area contributed by atoms with Crippen LogP contribution in [0.1, 0.15) is 11.1 Å². The van der Waals surface area contributed by atoms with Crippen LogP contribution in [0.25, 0.3) is 0 Å². The Balaban J connectivity index is 1.44. The van der Waals surface area contributed by atoms with Gasteiger partial charge in [-0.15, -0.1) is 5.10 Å². The molecule has 144 valence electrons. The highest BCUT2D eigenvalue weighted by molar-refractivity contribution is 6.30. The standard InChI is InChI=1S/C21H23ClN6/c1-15-6-7-16(2)19(12-15)24-21-25-20(14-23-26-21)28-10-8-27(9-11-28)18-5-3-4-17(22)13-18/h3-7,12-14H,8-11H2,1-2H3,(H,24,25,26). The zero-order valence-corrected chi connectivity index (χ0v) is 16.8. The highest BCUT2D eigenvalue weighted by Gasteiger charge is 2.19. The van der Waals surface area contributed by atoms with Crippen molar-refractivity contribution in [2.24, 2.45) is 0 Å². The predicted molar refractivity (Wildman–Crippen MR) is 115 cm³/mol. The lowest BCUT2D eigenvalue weighted by Crippen LogP contribution is -2.46. The number of nitrogens with zero attached hydrogens (tertiary/aromatic N) is 5. The predicted octanol–water partition coefficient (Wildman–Crippen LogP) is 4.21. The van der Waals surface area contributed by atoms with E-state index in [1.165, 1.54) is 5.56 Å². The second-order valence-electron chi connectivity index (χ2n) is 7.04. The maximum atomic E-state index is 6.12. The molecule has 1 aliphatic heterocycles. The number of anilines is 4. The molecule has 2 heterocycles. The van der Waals surface area contributed by atoms with Crippen LogP contribution in [0.5, 0.6) is 0 Å². The molecule has 2 aromatic carbocycles. The zero-order valence-electron chi connectivity index (χ0n) is 16.1. The van der Waals surface area contributed by atoms with Crippen molar-refractivity contribution in [1.82, 2.24) is 15.2 Å². The Bertz CT molecular complexity index is 969. The summed E-state index contributed by atoms with van der Waals surface area (Å²) in [5.41, 5.74) is 4.50. The van der Waals surface area contributed by atoms with Crippen LogP contribution in [0.15, 0.2) is 48.7 Å². The zero-order chi connectivity index (χ0) is 19.5. The van der Waals surface area contributed by atoms with Crippen LogP contribution >= 0.6 is 11.6 Å². The molecule has 0 aliphatic carbocycles. The fourth-order valence-electron chi connectivity index (χ4n) is 3.36. The van der Waals surface area contributed by atoms with Gasteiger partial charge in [0.1, 0.15) is 0 Å². The Labute approximate surface area is 170 Å². The van der Waals surface area contributed by atoms with Gasteiger partial charge in [-0.1, -0.05) is 29.8 Å². The molecule has 0 spiro atoms. The Hall–Kier alpha value is -2.86. The molecule has 0 saturated carbocycles. The van der Waals surface area contributed by atoms with Crippen LogP contribution in [0.4, 0.5) is 23.1 Å². The van der Waals surface area contributed by atoms with Gasteiger partial charge < -0.3 is 15.1 Å². The van der Waals surface area contributed by atoms with E-state index in [0.717, 1.165) is 54.0 Å². The first-order valence-electron chi connectivity index (χ1n) is 9.38. The van der Waals surface area contributed by atoms with Crippen molar-refractivity contribution in [3.05, 3.63) is 64.8 Å². The van der Waals surface area contributed by atoms with E-state index >= 15 is 0 Å². The molecule has 4 rings (SSSR count). The summed E-state index contributed by atoms with van der Waals surface area (Å²) in [6, 6.07) is 14.3. The van der Waals surface area contributed by atoms with Gasteiger partial charge in [-0.25, -0.2) is 0 Å². The van der Waals surface area contributed by atoms with E-state index in [1.807, 2.05) is 18.2 Å². The third-order valence-corrected chi connectivity index (χ3v) is 5.20. The van der Waals surface area contributed by atoms with Gasteiger partial charge >= 0.3 is 0 Å². The molecule has 1 aliphatic rings. The van der Waals surface area contributed by atoms with E-state index in [-0.39, 0.29) is 0 Å². The summed E-state index contributed by atoms with van der Waals surface area (Å²) in [6.45, 7) is 7.68. The van der Waals surface area contributed by atoms with Gasteiger partial charge in [-0.05, 0) is 49.2 Å². The molecule has 0 radical (unpaired) electrons. The van der Waals surface area contributed by atoms with E-state index in [9.17, 15) is 0 Å². The Kier molecular flexibility index (Phi) is 5.30. The monoisotopic (exact) mass is 394 g/mol. The van der Waals surface area contributed by atoms with Gasteiger partial charge in [0, 0.05) is 42.6 Å². The average Bonchev–Trinajstić information content (AvgIpc) is 2.71. The van der Waals surface area contributed by atoms with Crippen molar-refractivity contribution in [2.45, 2.75) is 13.8 Å². The third-order valence-electron chi connectivity index (χ3n) is 4.96. The van der Waals surface area contributed by atoms with Gasteiger partial charge in [0.25, 0.3) is 0 Å². The molecule has 0 atom stereocenters. The third kappa shape index (κ3) is 4.17. The van der Waals surface area contributed by atoms with Crippen LogP contribution in [0, 0.1) is 13.8 Å². The van der Waals surface area contributed by atoms with Crippen LogP contribution in [0.3, 0.4) is 0 Å². The molecule has 7 heteroatoms. The largest absolute Gasteiger partial charge is 0.368 e.